The molecular weight excluding hydrogens is 286 g/mol. The molecule has 1 amide bonds. The Morgan fingerprint density at radius 2 is 1.90 bits per heavy atom. The summed E-state index contributed by atoms with van der Waals surface area (Å²) in [6, 6.07) is 6.88. The summed E-state index contributed by atoms with van der Waals surface area (Å²) in [4.78, 5) is 15.1. The van der Waals surface area contributed by atoms with Crippen molar-refractivity contribution < 1.29 is 14.1 Å². The van der Waals surface area contributed by atoms with Gasteiger partial charge in [0.15, 0.2) is 0 Å². The first-order valence-electron chi connectivity index (χ1n) is 7.55. The van der Waals surface area contributed by atoms with Gasteiger partial charge in [0, 0.05) is 17.0 Å². The van der Waals surface area contributed by atoms with E-state index in [9.17, 15) is 14.1 Å². The van der Waals surface area contributed by atoms with Crippen LogP contribution in [0.25, 0.3) is 0 Å². The molecule has 2 unspecified atom stereocenters. The van der Waals surface area contributed by atoms with Crippen molar-refractivity contribution in [2.45, 2.75) is 49.6 Å². The van der Waals surface area contributed by atoms with Crippen molar-refractivity contribution in [1.82, 2.24) is 4.90 Å². The number of carbonyl (C=O) groups excluding carboxylic acids is 1. The molecule has 0 saturated heterocycles. The van der Waals surface area contributed by atoms with Crippen LogP contribution in [-0.2, 0) is 15.6 Å². The summed E-state index contributed by atoms with van der Waals surface area (Å²) in [5.41, 5.74) is 0. The molecule has 1 N–H and O–H groups in total. The predicted octanol–water partition coefficient (Wildman–Crippen LogP) is 2.29. The molecule has 0 bridgehead atoms. The van der Waals surface area contributed by atoms with E-state index in [2.05, 4.69) is 6.92 Å². The lowest BCUT2D eigenvalue weighted by atomic mass is 10.2. The molecule has 2 aliphatic carbocycles. The van der Waals surface area contributed by atoms with E-state index in [0.29, 0.717) is 16.9 Å². The van der Waals surface area contributed by atoms with Gasteiger partial charge in [0.1, 0.15) is 11.5 Å². The Morgan fingerprint density at radius 3 is 2.43 bits per heavy atom. The van der Waals surface area contributed by atoms with Crippen LogP contribution in [-0.4, -0.2) is 38.0 Å². The average Bonchev–Trinajstić information content (AvgIpc) is 3.32. The van der Waals surface area contributed by atoms with Gasteiger partial charge < -0.3 is 10.0 Å². The Labute approximate surface area is 127 Å². The summed E-state index contributed by atoms with van der Waals surface area (Å²) in [5.74, 6) is 0.822. The van der Waals surface area contributed by atoms with E-state index in [1.807, 2.05) is 4.90 Å². The standard InChI is InChI=1S/C16H21NO3S/c1-11(12-2-3-12)17(13-4-5-13)16(19)10-21(20)15-8-6-14(18)7-9-15/h6-9,11-13,18H,2-5,10H2,1H3. The van der Waals surface area contributed by atoms with Crippen molar-refractivity contribution in [1.29, 1.82) is 0 Å². The van der Waals surface area contributed by atoms with Crippen molar-refractivity contribution in [3.05, 3.63) is 24.3 Å². The molecule has 0 radical (unpaired) electrons. The largest absolute Gasteiger partial charge is 0.508 e. The van der Waals surface area contributed by atoms with Gasteiger partial charge in [0.25, 0.3) is 0 Å². The Bertz CT molecular complexity index is 549. The Morgan fingerprint density at radius 1 is 1.29 bits per heavy atom. The van der Waals surface area contributed by atoms with E-state index in [0.717, 1.165) is 12.8 Å². The highest BCUT2D eigenvalue weighted by atomic mass is 32.2. The third kappa shape index (κ3) is 3.46. The Balaban J connectivity index is 1.66. The molecule has 1 aromatic carbocycles. The van der Waals surface area contributed by atoms with Crippen LogP contribution in [0.2, 0.25) is 0 Å². The lowest BCUT2D eigenvalue weighted by Gasteiger charge is -2.29. The summed E-state index contributed by atoms with van der Waals surface area (Å²) < 4.78 is 12.3. The minimum atomic E-state index is -1.34. The second-order valence-electron chi connectivity index (χ2n) is 6.09. The van der Waals surface area contributed by atoms with Crippen molar-refractivity contribution in [2.75, 3.05) is 5.75 Å². The molecule has 0 spiro atoms. The molecular formula is C16H21NO3S. The van der Waals surface area contributed by atoms with Crippen molar-refractivity contribution >= 4 is 16.7 Å². The van der Waals surface area contributed by atoms with Gasteiger partial charge in [-0.15, -0.1) is 0 Å². The molecule has 1 aromatic rings. The maximum Gasteiger partial charge on any atom is 0.236 e. The molecule has 0 aliphatic heterocycles. The molecule has 2 aliphatic rings. The Hall–Kier alpha value is -1.36. The average molecular weight is 307 g/mol. The van der Waals surface area contributed by atoms with Gasteiger partial charge in [-0.3, -0.25) is 9.00 Å². The highest BCUT2D eigenvalue weighted by molar-refractivity contribution is 7.85. The molecule has 5 heteroatoms. The van der Waals surface area contributed by atoms with Crippen LogP contribution in [0.4, 0.5) is 0 Å². The minimum Gasteiger partial charge on any atom is -0.508 e. The maximum absolute atomic E-state index is 12.5. The highest BCUT2D eigenvalue weighted by Crippen LogP contribution is 2.39. The fourth-order valence-electron chi connectivity index (χ4n) is 2.79. The predicted molar refractivity (Wildman–Crippen MR) is 81.4 cm³/mol. The number of aromatic hydroxyl groups is 1. The maximum atomic E-state index is 12.5. The first-order chi connectivity index (χ1) is 10.1. The molecule has 2 fully saturated rings. The van der Waals surface area contributed by atoms with E-state index in [4.69, 9.17) is 0 Å². The Kier molecular flexibility index (Phi) is 4.02. The van der Waals surface area contributed by atoms with Gasteiger partial charge in [-0.2, -0.15) is 0 Å². The second kappa shape index (κ2) is 5.79. The third-order valence-corrected chi connectivity index (χ3v) is 5.63. The fourth-order valence-corrected chi connectivity index (χ4v) is 3.77. The van der Waals surface area contributed by atoms with Crippen LogP contribution >= 0.6 is 0 Å². The normalized spacial score (nSPS) is 20.8. The van der Waals surface area contributed by atoms with Crippen molar-refractivity contribution in [3.8, 4) is 5.75 Å². The fraction of sp³-hybridized carbons (Fsp3) is 0.562. The summed E-state index contributed by atoms with van der Waals surface area (Å²) in [6.45, 7) is 2.12. The topological polar surface area (TPSA) is 57.6 Å². The van der Waals surface area contributed by atoms with Crippen molar-refractivity contribution in [2.24, 2.45) is 5.92 Å². The number of hydrogen-bond acceptors (Lipinski definition) is 3. The number of nitrogens with zero attached hydrogens (tertiary/aromatic N) is 1. The zero-order valence-electron chi connectivity index (χ0n) is 12.2. The first-order valence-corrected chi connectivity index (χ1v) is 8.86. The van der Waals surface area contributed by atoms with E-state index in [-0.39, 0.29) is 23.5 Å². The minimum absolute atomic E-state index is 0.00306. The van der Waals surface area contributed by atoms with Gasteiger partial charge >= 0.3 is 0 Å². The zero-order valence-corrected chi connectivity index (χ0v) is 13.0. The molecule has 114 valence electrons. The molecule has 2 saturated carbocycles. The molecule has 0 aromatic heterocycles. The van der Waals surface area contributed by atoms with Crippen LogP contribution in [0.3, 0.4) is 0 Å². The smallest absolute Gasteiger partial charge is 0.236 e. The van der Waals surface area contributed by atoms with Crippen LogP contribution in [0.15, 0.2) is 29.2 Å². The number of phenolic OH excluding ortho intramolecular Hbond substituents is 1. The number of hydrogen-bond donors (Lipinski definition) is 1. The van der Waals surface area contributed by atoms with Gasteiger partial charge in [-0.05, 0) is 62.8 Å². The quantitative estimate of drug-likeness (QED) is 0.877. The van der Waals surface area contributed by atoms with Crippen LogP contribution in [0, 0.1) is 5.92 Å². The first kappa shape index (κ1) is 14.6. The number of benzene rings is 1. The van der Waals surface area contributed by atoms with E-state index >= 15 is 0 Å². The number of phenols is 1. The monoisotopic (exact) mass is 307 g/mol. The molecule has 21 heavy (non-hydrogen) atoms. The summed E-state index contributed by atoms with van der Waals surface area (Å²) in [5, 5.41) is 9.26. The summed E-state index contributed by atoms with van der Waals surface area (Å²) in [6.07, 6.45) is 4.57. The molecule has 3 rings (SSSR count). The molecule has 2 atom stereocenters. The second-order valence-corrected chi connectivity index (χ2v) is 7.55. The molecule has 0 heterocycles. The van der Waals surface area contributed by atoms with Gasteiger partial charge in [0.2, 0.25) is 5.91 Å². The van der Waals surface area contributed by atoms with Crippen LogP contribution in [0.5, 0.6) is 5.75 Å². The highest BCUT2D eigenvalue weighted by Gasteiger charge is 2.41. The van der Waals surface area contributed by atoms with E-state index < -0.39 is 10.8 Å². The van der Waals surface area contributed by atoms with Crippen LogP contribution < -0.4 is 0 Å². The SMILES string of the molecule is CC(C1CC1)N(C(=O)CS(=O)c1ccc(O)cc1)C1CC1. The lowest BCUT2D eigenvalue weighted by Crippen LogP contribution is -2.43. The van der Waals surface area contributed by atoms with Gasteiger partial charge in [-0.1, -0.05) is 0 Å². The number of rotatable bonds is 6. The molecule has 4 nitrogen and oxygen atoms in total. The van der Waals surface area contributed by atoms with E-state index in [1.54, 1.807) is 12.1 Å². The number of amides is 1. The van der Waals surface area contributed by atoms with E-state index in [1.165, 1.54) is 25.0 Å². The summed E-state index contributed by atoms with van der Waals surface area (Å²) >= 11 is 0. The van der Waals surface area contributed by atoms with Gasteiger partial charge in [-0.25, -0.2) is 0 Å². The zero-order chi connectivity index (χ0) is 15.0. The van der Waals surface area contributed by atoms with Crippen molar-refractivity contribution in [3.63, 3.8) is 0 Å². The number of carbonyl (C=O) groups is 1. The summed E-state index contributed by atoms with van der Waals surface area (Å²) in [7, 11) is -1.34. The van der Waals surface area contributed by atoms with Crippen LogP contribution in [0.1, 0.15) is 32.6 Å². The van der Waals surface area contributed by atoms with Gasteiger partial charge in [0.05, 0.1) is 10.8 Å². The lowest BCUT2D eigenvalue weighted by molar-refractivity contribution is -0.131. The third-order valence-electron chi connectivity index (χ3n) is 4.33.